The predicted molar refractivity (Wildman–Crippen MR) is 58.5 cm³/mol. The minimum absolute atomic E-state index is 0.289. The minimum Gasteiger partial charge on any atom is -0.0952 e. The summed E-state index contributed by atoms with van der Waals surface area (Å²) in [6, 6.07) is 8.40. The summed E-state index contributed by atoms with van der Waals surface area (Å²) in [4.78, 5) is 0. The van der Waals surface area contributed by atoms with E-state index in [0.29, 0.717) is 0 Å². The molecule has 2 aliphatic rings. The topological polar surface area (TPSA) is 0 Å². The molecule has 0 nitrogen and oxygen atoms in total. The number of allylic oxidation sites excluding steroid dienone is 5. The monoisotopic (exact) mass is 178 g/mol. The van der Waals surface area contributed by atoms with Crippen LogP contribution < -0.4 is 0 Å². The molecule has 1 aromatic carbocycles. The molecule has 0 saturated carbocycles. The Morgan fingerprint density at radius 1 is 1.21 bits per heavy atom. The van der Waals surface area contributed by atoms with Crippen molar-refractivity contribution in [2.75, 3.05) is 0 Å². The highest BCUT2D eigenvalue weighted by atomic mass is 14.3. The summed E-state index contributed by atoms with van der Waals surface area (Å²) in [5.74, 6) is 0.289. The van der Waals surface area contributed by atoms with E-state index in [1.54, 1.807) is 0 Å². The van der Waals surface area contributed by atoms with Crippen molar-refractivity contribution in [1.29, 1.82) is 0 Å². The van der Waals surface area contributed by atoms with Gasteiger partial charge in [0.2, 0.25) is 0 Å². The third-order valence-electron chi connectivity index (χ3n) is 2.81. The molecule has 2 radical (unpaired) electrons. The van der Waals surface area contributed by atoms with Crippen LogP contribution in [0.2, 0.25) is 0 Å². The first kappa shape index (κ1) is 7.81. The number of fused-ring (bicyclic) bond motifs is 3. The molecule has 1 unspecified atom stereocenters. The van der Waals surface area contributed by atoms with Gasteiger partial charge in [0.1, 0.15) is 0 Å². The molecular formula is C14H10. The fraction of sp³-hybridized carbons (Fsp3) is 0.0714. The number of rotatable bonds is 0. The fourth-order valence-corrected chi connectivity index (χ4v) is 2.10. The van der Waals surface area contributed by atoms with Gasteiger partial charge in [-0.1, -0.05) is 49.1 Å². The van der Waals surface area contributed by atoms with Crippen LogP contribution in [-0.4, -0.2) is 0 Å². The van der Waals surface area contributed by atoms with Crippen LogP contribution in [0.1, 0.15) is 11.1 Å². The minimum atomic E-state index is 0.289. The quantitative estimate of drug-likeness (QED) is 0.572. The van der Waals surface area contributed by atoms with E-state index in [-0.39, 0.29) is 5.92 Å². The van der Waals surface area contributed by atoms with Crippen LogP contribution >= 0.6 is 0 Å². The highest BCUT2D eigenvalue weighted by Crippen LogP contribution is 2.43. The third-order valence-corrected chi connectivity index (χ3v) is 2.81. The summed E-state index contributed by atoms with van der Waals surface area (Å²) in [5.41, 5.74) is 5.00. The van der Waals surface area contributed by atoms with Crippen molar-refractivity contribution in [3.63, 3.8) is 0 Å². The van der Waals surface area contributed by atoms with Crippen molar-refractivity contribution >= 4 is 5.57 Å². The van der Waals surface area contributed by atoms with E-state index < -0.39 is 0 Å². The Hall–Kier alpha value is -1.56. The van der Waals surface area contributed by atoms with Gasteiger partial charge in [-0.25, -0.2) is 0 Å². The standard InChI is InChI=1S/C14H10/c1-10-5-4-8-13-12-7-3-2-6-11(12)9-14(10)13/h2-8,14H,1H2. The van der Waals surface area contributed by atoms with Gasteiger partial charge in [-0.2, -0.15) is 0 Å². The van der Waals surface area contributed by atoms with Crippen LogP contribution in [0.15, 0.2) is 54.6 Å². The Labute approximate surface area is 84.3 Å². The molecule has 2 aliphatic carbocycles. The molecule has 1 atom stereocenters. The zero-order chi connectivity index (χ0) is 9.54. The third kappa shape index (κ3) is 0.941. The van der Waals surface area contributed by atoms with E-state index in [1.165, 1.54) is 16.7 Å². The van der Waals surface area contributed by atoms with Crippen molar-refractivity contribution in [3.8, 4) is 0 Å². The van der Waals surface area contributed by atoms with Crippen LogP contribution in [0.25, 0.3) is 5.57 Å². The number of benzene rings is 1. The Balaban J connectivity index is 2.19. The number of hydrogen-bond acceptors (Lipinski definition) is 0. The van der Waals surface area contributed by atoms with Crippen LogP contribution in [-0.2, 0) is 0 Å². The van der Waals surface area contributed by atoms with Crippen molar-refractivity contribution < 1.29 is 0 Å². The van der Waals surface area contributed by atoms with Gasteiger partial charge in [0.05, 0.1) is 0 Å². The lowest BCUT2D eigenvalue weighted by Crippen LogP contribution is -2.01. The average Bonchev–Trinajstić information content (AvgIpc) is 2.59. The molecule has 14 heavy (non-hydrogen) atoms. The summed E-state index contributed by atoms with van der Waals surface area (Å²) < 4.78 is 0. The molecular weight excluding hydrogens is 168 g/mol. The van der Waals surface area contributed by atoms with Crippen molar-refractivity contribution in [3.05, 3.63) is 72.2 Å². The highest BCUT2D eigenvalue weighted by Gasteiger charge is 2.29. The first-order chi connectivity index (χ1) is 6.86. The molecule has 0 heterocycles. The maximum Gasteiger partial charge on any atom is 0.0299 e. The van der Waals surface area contributed by atoms with E-state index in [1.807, 2.05) is 0 Å². The lowest BCUT2D eigenvalue weighted by molar-refractivity contribution is 0.995. The summed E-state index contributed by atoms with van der Waals surface area (Å²) in [5, 5.41) is 0. The molecule has 0 heteroatoms. The van der Waals surface area contributed by atoms with E-state index in [2.05, 4.69) is 55.5 Å². The average molecular weight is 178 g/mol. The van der Waals surface area contributed by atoms with Crippen LogP contribution in [0.4, 0.5) is 0 Å². The molecule has 0 amide bonds. The normalized spacial score (nSPS) is 23.0. The summed E-state index contributed by atoms with van der Waals surface area (Å²) in [6.45, 7) is 4.05. The number of hydrogen-bond donors (Lipinski definition) is 0. The van der Waals surface area contributed by atoms with Gasteiger partial charge >= 0.3 is 0 Å². The fourth-order valence-electron chi connectivity index (χ4n) is 2.10. The van der Waals surface area contributed by atoms with Crippen LogP contribution in [0, 0.1) is 12.3 Å². The molecule has 0 bridgehead atoms. The van der Waals surface area contributed by atoms with Gasteiger partial charge in [0, 0.05) is 12.3 Å². The molecule has 0 aromatic heterocycles. The van der Waals surface area contributed by atoms with Gasteiger partial charge in [0.25, 0.3) is 0 Å². The Bertz CT molecular complexity index is 461. The molecule has 1 aromatic rings. The smallest absolute Gasteiger partial charge is 0.0299 e. The van der Waals surface area contributed by atoms with E-state index >= 15 is 0 Å². The van der Waals surface area contributed by atoms with Gasteiger partial charge in [0.15, 0.2) is 0 Å². The summed E-state index contributed by atoms with van der Waals surface area (Å²) >= 11 is 0. The van der Waals surface area contributed by atoms with Gasteiger partial charge < -0.3 is 0 Å². The second-order valence-corrected chi connectivity index (χ2v) is 3.68. The second-order valence-electron chi connectivity index (χ2n) is 3.68. The predicted octanol–water partition coefficient (Wildman–Crippen LogP) is 3.26. The zero-order valence-corrected chi connectivity index (χ0v) is 7.83. The molecule has 0 N–H and O–H groups in total. The maximum absolute atomic E-state index is 4.05. The Morgan fingerprint density at radius 2 is 2.07 bits per heavy atom. The molecule has 0 fully saturated rings. The molecule has 3 rings (SSSR count). The molecule has 0 spiro atoms. The van der Waals surface area contributed by atoms with Crippen LogP contribution in [0.3, 0.4) is 0 Å². The highest BCUT2D eigenvalue weighted by molar-refractivity contribution is 5.82. The zero-order valence-electron chi connectivity index (χ0n) is 7.83. The van der Waals surface area contributed by atoms with Crippen molar-refractivity contribution in [1.82, 2.24) is 0 Å². The van der Waals surface area contributed by atoms with E-state index in [4.69, 9.17) is 0 Å². The van der Waals surface area contributed by atoms with Gasteiger partial charge in [-0.05, 0) is 22.3 Å². The van der Waals surface area contributed by atoms with Gasteiger partial charge in [-0.15, -0.1) is 0 Å². The Morgan fingerprint density at radius 3 is 3.00 bits per heavy atom. The maximum atomic E-state index is 4.05. The SMILES string of the molecule is C=C1C=CC=C2c3ccccc3[C]C12. The summed E-state index contributed by atoms with van der Waals surface area (Å²) in [7, 11) is 0. The van der Waals surface area contributed by atoms with Crippen LogP contribution in [0.5, 0.6) is 0 Å². The van der Waals surface area contributed by atoms with Gasteiger partial charge in [-0.3, -0.25) is 0 Å². The van der Waals surface area contributed by atoms with Crippen molar-refractivity contribution in [2.45, 2.75) is 0 Å². The molecule has 0 saturated heterocycles. The largest absolute Gasteiger partial charge is 0.0952 e. The first-order valence-corrected chi connectivity index (χ1v) is 4.79. The lowest BCUT2D eigenvalue weighted by Gasteiger charge is -2.15. The molecule has 66 valence electrons. The summed E-state index contributed by atoms with van der Waals surface area (Å²) in [6.07, 6.45) is 9.76. The Kier molecular flexibility index (Phi) is 1.51. The van der Waals surface area contributed by atoms with Crippen molar-refractivity contribution in [2.24, 2.45) is 5.92 Å². The van der Waals surface area contributed by atoms with E-state index in [9.17, 15) is 0 Å². The first-order valence-electron chi connectivity index (χ1n) is 4.79. The molecule has 0 aliphatic heterocycles. The second kappa shape index (κ2) is 2.71. The lowest BCUT2D eigenvalue weighted by atomic mass is 9.89. The van der Waals surface area contributed by atoms with E-state index in [0.717, 1.165) is 5.57 Å².